The number of halogens is 3. The molecule has 1 aromatic carbocycles. The van der Waals surface area contributed by atoms with Crippen molar-refractivity contribution in [2.45, 2.75) is 6.18 Å². The predicted molar refractivity (Wildman–Crippen MR) is 66.2 cm³/mol. The van der Waals surface area contributed by atoms with E-state index in [1.54, 1.807) is 6.07 Å². The first-order chi connectivity index (χ1) is 9.05. The molecule has 19 heavy (non-hydrogen) atoms. The molecule has 0 atom stereocenters. The summed E-state index contributed by atoms with van der Waals surface area (Å²) >= 11 is 0. The highest BCUT2D eigenvalue weighted by atomic mass is 19.4. The molecular formula is C13H17F3N2O. The van der Waals surface area contributed by atoms with Crippen LogP contribution in [0, 0.1) is 0 Å². The molecule has 0 unspecified atom stereocenters. The molecule has 0 spiro atoms. The van der Waals surface area contributed by atoms with Crippen LogP contribution in [-0.4, -0.2) is 44.2 Å². The Hall–Kier alpha value is -1.27. The molecule has 1 saturated heterocycles. The minimum Gasteiger partial charge on any atom is -0.492 e. The largest absolute Gasteiger partial charge is 0.492 e. The first-order valence-corrected chi connectivity index (χ1v) is 6.29. The maximum absolute atomic E-state index is 12.5. The van der Waals surface area contributed by atoms with Crippen molar-refractivity contribution in [1.29, 1.82) is 0 Å². The third-order valence-electron chi connectivity index (χ3n) is 3.05. The molecule has 0 bridgehead atoms. The zero-order chi connectivity index (χ0) is 13.7. The number of hydrogen-bond acceptors (Lipinski definition) is 3. The van der Waals surface area contributed by atoms with E-state index in [1.807, 2.05) is 0 Å². The zero-order valence-electron chi connectivity index (χ0n) is 10.5. The summed E-state index contributed by atoms with van der Waals surface area (Å²) in [7, 11) is 0. The standard InChI is InChI=1S/C13H17F3N2O/c14-13(15,16)11-2-1-3-12(10-11)19-9-8-18-6-4-17-5-7-18/h1-3,10,17H,4-9H2. The van der Waals surface area contributed by atoms with Crippen molar-refractivity contribution in [2.75, 3.05) is 39.3 Å². The maximum Gasteiger partial charge on any atom is 0.416 e. The minimum absolute atomic E-state index is 0.268. The normalized spacial score (nSPS) is 17.4. The monoisotopic (exact) mass is 274 g/mol. The second kappa shape index (κ2) is 6.25. The van der Waals surface area contributed by atoms with E-state index in [9.17, 15) is 13.2 Å². The molecule has 0 amide bonds. The van der Waals surface area contributed by atoms with Crippen molar-refractivity contribution in [3.8, 4) is 5.75 Å². The van der Waals surface area contributed by atoms with Crippen LogP contribution in [0.15, 0.2) is 24.3 Å². The van der Waals surface area contributed by atoms with E-state index in [0.717, 1.165) is 44.9 Å². The first kappa shape index (κ1) is 14.1. The fourth-order valence-electron chi connectivity index (χ4n) is 1.99. The van der Waals surface area contributed by atoms with Crippen LogP contribution in [0.5, 0.6) is 5.75 Å². The van der Waals surface area contributed by atoms with Gasteiger partial charge in [-0.05, 0) is 18.2 Å². The van der Waals surface area contributed by atoms with Crippen molar-refractivity contribution in [3.05, 3.63) is 29.8 Å². The number of benzene rings is 1. The molecule has 0 saturated carbocycles. The third kappa shape index (κ3) is 4.40. The quantitative estimate of drug-likeness (QED) is 0.908. The lowest BCUT2D eigenvalue weighted by Gasteiger charge is -2.26. The summed E-state index contributed by atoms with van der Waals surface area (Å²) in [6, 6.07) is 5.00. The molecule has 106 valence electrons. The summed E-state index contributed by atoms with van der Waals surface area (Å²) in [6.45, 7) is 4.93. The lowest BCUT2D eigenvalue weighted by molar-refractivity contribution is -0.137. The predicted octanol–water partition coefficient (Wildman–Crippen LogP) is 1.99. The van der Waals surface area contributed by atoms with Gasteiger partial charge in [0.2, 0.25) is 0 Å². The van der Waals surface area contributed by atoms with Crippen LogP contribution in [0.2, 0.25) is 0 Å². The minimum atomic E-state index is -4.32. The molecule has 1 fully saturated rings. The molecule has 1 N–H and O–H groups in total. The van der Waals surface area contributed by atoms with Crippen molar-refractivity contribution in [2.24, 2.45) is 0 Å². The topological polar surface area (TPSA) is 24.5 Å². The smallest absolute Gasteiger partial charge is 0.416 e. The fraction of sp³-hybridized carbons (Fsp3) is 0.538. The molecule has 0 radical (unpaired) electrons. The van der Waals surface area contributed by atoms with Gasteiger partial charge in [-0.1, -0.05) is 6.07 Å². The highest BCUT2D eigenvalue weighted by Crippen LogP contribution is 2.31. The summed E-state index contributed by atoms with van der Waals surface area (Å²) in [5.41, 5.74) is -0.674. The van der Waals surface area contributed by atoms with Crippen LogP contribution in [0.1, 0.15) is 5.56 Å². The molecule has 1 aromatic rings. The SMILES string of the molecule is FC(F)(F)c1cccc(OCCN2CCNCC2)c1. The third-order valence-corrected chi connectivity index (χ3v) is 3.05. The average Bonchev–Trinajstić information content (AvgIpc) is 2.39. The Morgan fingerprint density at radius 1 is 1.21 bits per heavy atom. The number of alkyl halides is 3. The van der Waals surface area contributed by atoms with Gasteiger partial charge in [-0.2, -0.15) is 13.2 Å². The molecule has 2 rings (SSSR count). The Labute approximate surface area is 110 Å². The fourth-order valence-corrected chi connectivity index (χ4v) is 1.99. The number of ether oxygens (including phenoxy) is 1. The van der Waals surface area contributed by atoms with Crippen LogP contribution < -0.4 is 10.1 Å². The number of piperazine rings is 1. The van der Waals surface area contributed by atoms with E-state index >= 15 is 0 Å². The van der Waals surface area contributed by atoms with E-state index < -0.39 is 11.7 Å². The van der Waals surface area contributed by atoms with Gasteiger partial charge < -0.3 is 10.1 Å². The van der Waals surface area contributed by atoms with Crippen molar-refractivity contribution < 1.29 is 17.9 Å². The van der Waals surface area contributed by atoms with Crippen LogP contribution in [0.4, 0.5) is 13.2 Å². The van der Waals surface area contributed by atoms with E-state index in [4.69, 9.17) is 4.74 Å². The van der Waals surface area contributed by atoms with E-state index in [0.29, 0.717) is 6.61 Å². The highest BCUT2D eigenvalue weighted by molar-refractivity contribution is 5.30. The Morgan fingerprint density at radius 3 is 2.63 bits per heavy atom. The van der Waals surface area contributed by atoms with E-state index in [1.165, 1.54) is 6.07 Å². The van der Waals surface area contributed by atoms with Gasteiger partial charge in [-0.15, -0.1) is 0 Å². The van der Waals surface area contributed by atoms with Crippen molar-refractivity contribution in [1.82, 2.24) is 10.2 Å². The lowest BCUT2D eigenvalue weighted by Crippen LogP contribution is -2.44. The Kier molecular flexibility index (Phi) is 4.66. The van der Waals surface area contributed by atoms with Crippen LogP contribution in [0.3, 0.4) is 0 Å². The van der Waals surface area contributed by atoms with E-state index in [2.05, 4.69) is 10.2 Å². The number of hydrogen-bond donors (Lipinski definition) is 1. The van der Waals surface area contributed by atoms with Gasteiger partial charge in [-0.25, -0.2) is 0 Å². The molecular weight excluding hydrogens is 257 g/mol. The van der Waals surface area contributed by atoms with Crippen molar-refractivity contribution >= 4 is 0 Å². The number of nitrogens with one attached hydrogen (secondary N) is 1. The first-order valence-electron chi connectivity index (χ1n) is 6.29. The van der Waals surface area contributed by atoms with Gasteiger partial charge in [0.1, 0.15) is 12.4 Å². The lowest BCUT2D eigenvalue weighted by atomic mass is 10.2. The average molecular weight is 274 g/mol. The van der Waals surface area contributed by atoms with Gasteiger partial charge in [0.15, 0.2) is 0 Å². The van der Waals surface area contributed by atoms with Gasteiger partial charge in [0.05, 0.1) is 5.56 Å². The number of rotatable bonds is 4. The highest BCUT2D eigenvalue weighted by Gasteiger charge is 2.30. The van der Waals surface area contributed by atoms with Crippen LogP contribution >= 0.6 is 0 Å². The van der Waals surface area contributed by atoms with Gasteiger partial charge >= 0.3 is 6.18 Å². The maximum atomic E-state index is 12.5. The molecule has 1 aliphatic heterocycles. The molecule has 3 nitrogen and oxygen atoms in total. The summed E-state index contributed by atoms with van der Waals surface area (Å²) in [5.74, 6) is 0.268. The summed E-state index contributed by atoms with van der Waals surface area (Å²) < 4.78 is 42.9. The second-order valence-corrected chi connectivity index (χ2v) is 4.47. The molecule has 6 heteroatoms. The summed E-state index contributed by atoms with van der Waals surface area (Å²) in [4.78, 5) is 2.23. The van der Waals surface area contributed by atoms with E-state index in [-0.39, 0.29) is 5.75 Å². The van der Waals surface area contributed by atoms with Gasteiger partial charge in [0.25, 0.3) is 0 Å². The molecule has 1 heterocycles. The zero-order valence-corrected chi connectivity index (χ0v) is 10.5. The van der Waals surface area contributed by atoms with Crippen molar-refractivity contribution in [3.63, 3.8) is 0 Å². The summed E-state index contributed by atoms with van der Waals surface area (Å²) in [5, 5.41) is 3.24. The van der Waals surface area contributed by atoms with Gasteiger partial charge in [0, 0.05) is 32.7 Å². The molecule has 1 aliphatic rings. The Morgan fingerprint density at radius 2 is 1.95 bits per heavy atom. The Balaban J connectivity index is 1.82. The van der Waals surface area contributed by atoms with Crippen LogP contribution in [0.25, 0.3) is 0 Å². The molecule has 0 aliphatic carbocycles. The molecule has 0 aromatic heterocycles. The summed E-state index contributed by atoms with van der Waals surface area (Å²) in [6.07, 6.45) is -4.32. The second-order valence-electron chi connectivity index (χ2n) is 4.47. The Bertz CT molecular complexity index is 403. The van der Waals surface area contributed by atoms with Gasteiger partial charge in [-0.3, -0.25) is 4.90 Å². The van der Waals surface area contributed by atoms with Crippen LogP contribution in [-0.2, 0) is 6.18 Å². The number of nitrogens with zero attached hydrogens (tertiary/aromatic N) is 1.